The van der Waals surface area contributed by atoms with Crippen molar-refractivity contribution in [1.29, 1.82) is 0 Å². The van der Waals surface area contributed by atoms with E-state index in [-0.39, 0.29) is 6.61 Å². The molecule has 0 heterocycles. The van der Waals surface area contributed by atoms with Gasteiger partial charge in [-0.3, -0.25) is 0 Å². The maximum Gasteiger partial charge on any atom is 0.0436 e. The molecule has 0 spiro atoms. The molecule has 0 saturated heterocycles. The SMILES string of the molecule is CC1=C(/C=C/C(C)=C/C=C/C(C)CCO)C(C)(C)CCC1. The largest absolute Gasteiger partial charge is 0.396 e. The van der Waals surface area contributed by atoms with Crippen LogP contribution in [0.25, 0.3) is 0 Å². The molecule has 1 atom stereocenters. The predicted octanol–water partition coefficient (Wildman–Crippen LogP) is 5.59. The van der Waals surface area contributed by atoms with Crippen LogP contribution in [-0.2, 0) is 0 Å². The molecule has 0 aromatic heterocycles. The van der Waals surface area contributed by atoms with Crippen molar-refractivity contribution in [1.82, 2.24) is 0 Å². The number of aliphatic hydroxyl groups is 1. The van der Waals surface area contributed by atoms with Gasteiger partial charge in [-0.15, -0.1) is 0 Å². The summed E-state index contributed by atoms with van der Waals surface area (Å²) in [7, 11) is 0. The molecule has 1 nitrogen and oxygen atoms in total. The molecule has 1 rings (SSSR count). The van der Waals surface area contributed by atoms with Crippen molar-refractivity contribution < 1.29 is 5.11 Å². The van der Waals surface area contributed by atoms with Crippen molar-refractivity contribution in [3.63, 3.8) is 0 Å². The van der Waals surface area contributed by atoms with Crippen molar-refractivity contribution in [2.75, 3.05) is 6.61 Å². The van der Waals surface area contributed by atoms with E-state index in [1.54, 1.807) is 5.57 Å². The molecule has 0 saturated carbocycles. The van der Waals surface area contributed by atoms with Gasteiger partial charge in [-0.25, -0.2) is 0 Å². The van der Waals surface area contributed by atoms with E-state index < -0.39 is 0 Å². The predicted molar refractivity (Wildman–Crippen MR) is 93.2 cm³/mol. The Kier molecular flexibility index (Phi) is 7.17. The van der Waals surface area contributed by atoms with Gasteiger partial charge in [-0.2, -0.15) is 0 Å². The number of hydrogen-bond acceptors (Lipinski definition) is 1. The Bertz CT molecular complexity index is 446. The lowest BCUT2D eigenvalue weighted by Crippen LogP contribution is -2.19. The Morgan fingerprint density at radius 2 is 2.10 bits per heavy atom. The quantitative estimate of drug-likeness (QED) is 0.632. The van der Waals surface area contributed by atoms with E-state index in [4.69, 9.17) is 5.11 Å². The molecule has 1 heteroatoms. The van der Waals surface area contributed by atoms with Gasteiger partial charge in [0.05, 0.1) is 0 Å². The molecule has 1 aliphatic rings. The highest BCUT2D eigenvalue weighted by Crippen LogP contribution is 2.40. The molecule has 0 bridgehead atoms. The van der Waals surface area contributed by atoms with Crippen LogP contribution < -0.4 is 0 Å². The van der Waals surface area contributed by atoms with Crippen LogP contribution in [0, 0.1) is 11.3 Å². The average molecular weight is 288 g/mol. The first-order valence-corrected chi connectivity index (χ1v) is 8.21. The first kappa shape index (κ1) is 18.0. The summed E-state index contributed by atoms with van der Waals surface area (Å²) in [6, 6.07) is 0. The molecule has 0 aromatic carbocycles. The van der Waals surface area contributed by atoms with Crippen molar-refractivity contribution in [3.8, 4) is 0 Å². The Balaban J connectivity index is 2.71. The number of allylic oxidation sites excluding steroid dienone is 8. The van der Waals surface area contributed by atoms with Gasteiger partial charge in [0.25, 0.3) is 0 Å². The van der Waals surface area contributed by atoms with Gasteiger partial charge in [0.15, 0.2) is 0 Å². The van der Waals surface area contributed by atoms with E-state index in [0.29, 0.717) is 11.3 Å². The van der Waals surface area contributed by atoms with Crippen LogP contribution >= 0.6 is 0 Å². The summed E-state index contributed by atoms with van der Waals surface area (Å²) in [6.45, 7) is 11.5. The highest BCUT2D eigenvalue weighted by atomic mass is 16.3. The average Bonchev–Trinajstić information content (AvgIpc) is 2.37. The highest BCUT2D eigenvalue weighted by Gasteiger charge is 2.26. The highest BCUT2D eigenvalue weighted by molar-refractivity contribution is 5.36. The van der Waals surface area contributed by atoms with E-state index in [2.05, 4.69) is 65.0 Å². The van der Waals surface area contributed by atoms with E-state index in [1.165, 1.54) is 30.4 Å². The van der Waals surface area contributed by atoms with Crippen molar-refractivity contribution >= 4 is 0 Å². The minimum absolute atomic E-state index is 0.261. The second kappa shape index (κ2) is 8.38. The minimum atomic E-state index is 0.261. The number of hydrogen-bond donors (Lipinski definition) is 1. The second-order valence-corrected chi connectivity index (χ2v) is 7.05. The lowest BCUT2D eigenvalue weighted by atomic mass is 9.72. The minimum Gasteiger partial charge on any atom is -0.396 e. The van der Waals surface area contributed by atoms with E-state index in [0.717, 1.165) is 6.42 Å². The zero-order valence-corrected chi connectivity index (χ0v) is 14.4. The maximum absolute atomic E-state index is 8.88. The smallest absolute Gasteiger partial charge is 0.0436 e. The summed E-state index contributed by atoms with van der Waals surface area (Å²) in [5.41, 5.74) is 4.63. The van der Waals surface area contributed by atoms with Crippen molar-refractivity contribution in [2.24, 2.45) is 11.3 Å². The fraction of sp³-hybridized carbons (Fsp3) is 0.600. The third kappa shape index (κ3) is 6.05. The van der Waals surface area contributed by atoms with Gasteiger partial charge >= 0.3 is 0 Å². The molecule has 21 heavy (non-hydrogen) atoms. The lowest BCUT2D eigenvalue weighted by Gasteiger charge is -2.32. The molecule has 0 amide bonds. The van der Waals surface area contributed by atoms with Crippen LogP contribution in [0.2, 0.25) is 0 Å². The molecule has 1 unspecified atom stereocenters. The van der Waals surface area contributed by atoms with Crippen molar-refractivity contribution in [2.45, 2.75) is 60.3 Å². The van der Waals surface area contributed by atoms with Gasteiger partial charge in [-0.05, 0) is 56.4 Å². The molecule has 118 valence electrons. The van der Waals surface area contributed by atoms with Gasteiger partial charge < -0.3 is 5.11 Å². The molecule has 0 radical (unpaired) electrons. The first-order chi connectivity index (χ1) is 9.86. The van der Waals surface area contributed by atoms with E-state index >= 15 is 0 Å². The van der Waals surface area contributed by atoms with Gasteiger partial charge in [0.1, 0.15) is 0 Å². The molecule has 0 fully saturated rings. The van der Waals surface area contributed by atoms with Crippen LogP contribution in [0.1, 0.15) is 60.3 Å². The summed E-state index contributed by atoms with van der Waals surface area (Å²) in [5, 5.41) is 8.88. The molecule has 0 aliphatic heterocycles. The van der Waals surface area contributed by atoms with Crippen LogP contribution in [0.3, 0.4) is 0 Å². The molecule has 1 N–H and O–H groups in total. The van der Waals surface area contributed by atoms with Gasteiger partial charge in [0, 0.05) is 6.61 Å². The van der Waals surface area contributed by atoms with E-state index in [1.807, 2.05) is 0 Å². The summed E-state index contributed by atoms with van der Waals surface area (Å²) in [4.78, 5) is 0. The summed E-state index contributed by atoms with van der Waals surface area (Å²) in [6.07, 6.45) is 15.6. The van der Waals surface area contributed by atoms with Gasteiger partial charge in [-0.1, -0.05) is 62.3 Å². The molecule has 1 aliphatic carbocycles. The van der Waals surface area contributed by atoms with Crippen LogP contribution in [-0.4, -0.2) is 11.7 Å². The summed E-state index contributed by atoms with van der Waals surface area (Å²) >= 11 is 0. The summed E-state index contributed by atoms with van der Waals surface area (Å²) in [5.74, 6) is 0.435. The Labute approximate surface area is 131 Å². The number of aliphatic hydroxyl groups excluding tert-OH is 1. The third-order valence-electron chi connectivity index (χ3n) is 4.44. The van der Waals surface area contributed by atoms with Crippen LogP contribution in [0.15, 0.2) is 47.1 Å². The topological polar surface area (TPSA) is 20.2 Å². The first-order valence-electron chi connectivity index (χ1n) is 8.21. The molecular weight excluding hydrogens is 256 g/mol. The van der Waals surface area contributed by atoms with Crippen LogP contribution in [0.4, 0.5) is 0 Å². The van der Waals surface area contributed by atoms with Crippen molar-refractivity contribution in [3.05, 3.63) is 47.1 Å². The monoisotopic (exact) mass is 288 g/mol. The zero-order valence-electron chi connectivity index (χ0n) is 14.4. The lowest BCUT2D eigenvalue weighted by molar-refractivity contribution is 0.274. The Hall–Kier alpha value is -1.08. The molecular formula is C20H32O. The van der Waals surface area contributed by atoms with E-state index in [9.17, 15) is 0 Å². The Morgan fingerprint density at radius 1 is 1.38 bits per heavy atom. The normalized spacial score (nSPS) is 21.5. The van der Waals surface area contributed by atoms with Gasteiger partial charge in [0.2, 0.25) is 0 Å². The Morgan fingerprint density at radius 3 is 2.71 bits per heavy atom. The summed E-state index contributed by atoms with van der Waals surface area (Å²) < 4.78 is 0. The van der Waals surface area contributed by atoms with Crippen LogP contribution in [0.5, 0.6) is 0 Å². The zero-order chi connectivity index (χ0) is 15.9. The number of rotatable bonds is 6. The second-order valence-electron chi connectivity index (χ2n) is 7.05. The fourth-order valence-corrected chi connectivity index (χ4v) is 2.98. The third-order valence-corrected chi connectivity index (χ3v) is 4.44. The molecule has 0 aromatic rings. The fourth-order valence-electron chi connectivity index (χ4n) is 2.98. The maximum atomic E-state index is 8.88. The standard InChI is InChI=1S/C20H32O/c1-16(8-6-9-17(2)13-15-21)11-12-19-18(3)10-7-14-20(19,4)5/h6,8-9,11-12,17,21H,7,10,13-15H2,1-5H3/b9-6+,12-11+,16-8+.